The molecule has 1 heterocycles. The molecule has 1 aliphatic heterocycles. The maximum atomic E-state index is 3.48. The number of benzene rings is 2. The fourth-order valence-corrected chi connectivity index (χ4v) is 2.80. The maximum absolute atomic E-state index is 3.48. The Balaban J connectivity index is 1.91. The summed E-state index contributed by atoms with van der Waals surface area (Å²) in [5.41, 5.74) is 7.03. The van der Waals surface area contributed by atoms with Gasteiger partial charge >= 0.3 is 0 Å². The Bertz CT molecular complexity index is 556. The van der Waals surface area contributed by atoms with Gasteiger partial charge in [0.15, 0.2) is 0 Å². The molecule has 1 nitrogen and oxygen atoms in total. The van der Waals surface area contributed by atoms with Crippen molar-refractivity contribution in [3.05, 3.63) is 63.1 Å². The summed E-state index contributed by atoms with van der Waals surface area (Å²) in [5, 5.41) is 0. The largest absolute Gasteiger partial charge is 0.363 e. The standard InChI is InChI=1S/C16H16BrN/c1-11-7-13-9-18(10-14(13)8-12(11)2)16-5-3-15(17)4-6-16/h3-8H,9-10H2,1-2H3. The third kappa shape index (κ3) is 2.05. The van der Waals surface area contributed by atoms with E-state index in [-0.39, 0.29) is 0 Å². The molecule has 0 radical (unpaired) electrons. The molecule has 0 saturated heterocycles. The molecule has 0 spiro atoms. The number of hydrogen-bond donors (Lipinski definition) is 0. The Hall–Kier alpha value is -1.28. The minimum absolute atomic E-state index is 1.03. The molecule has 2 aromatic rings. The molecule has 0 saturated carbocycles. The van der Waals surface area contributed by atoms with Crippen molar-refractivity contribution in [3.63, 3.8) is 0 Å². The number of rotatable bonds is 1. The predicted octanol–water partition coefficient (Wildman–Crippen LogP) is 4.59. The molecule has 0 unspecified atom stereocenters. The molecule has 0 bridgehead atoms. The maximum Gasteiger partial charge on any atom is 0.0436 e. The van der Waals surface area contributed by atoms with Crippen molar-refractivity contribution in [2.45, 2.75) is 26.9 Å². The lowest BCUT2D eigenvalue weighted by Gasteiger charge is -2.17. The fourth-order valence-electron chi connectivity index (χ4n) is 2.53. The van der Waals surface area contributed by atoms with Gasteiger partial charge in [-0.25, -0.2) is 0 Å². The van der Waals surface area contributed by atoms with Gasteiger partial charge in [-0.3, -0.25) is 0 Å². The van der Waals surface area contributed by atoms with Crippen LogP contribution in [0.4, 0.5) is 5.69 Å². The van der Waals surface area contributed by atoms with E-state index in [1.54, 1.807) is 0 Å². The molecule has 1 aliphatic rings. The molecule has 0 atom stereocenters. The van der Waals surface area contributed by atoms with Crippen LogP contribution < -0.4 is 4.90 Å². The molecule has 2 aromatic carbocycles. The molecular formula is C16H16BrN. The zero-order chi connectivity index (χ0) is 12.7. The van der Waals surface area contributed by atoms with Gasteiger partial charge in [0.1, 0.15) is 0 Å². The predicted molar refractivity (Wildman–Crippen MR) is 79.9 cm³/mol. The van der Waals surface area contributed by atoms with Gasteiger partial charge in [0.25, 0.3) is 0 Å². The van der Waals surface area contributed by atoms with E-state index < -0.39 is 0 Å². The first-order valence-electron chi connectivity index (χ1n) is 6.23. The molecule has 18 heavy (non-hydrogen) atoms. The van der Waals surface area contributed by atoms with E-state index in [4.69, 9.17) is 0 Å². The van der Waals surface area contributed by atoms with Crippen molar-refractivity contribution in [1.29, 1.82) is 0 Å². The van der Waals surface area contributed by atoms with E-state index in [0.717, 1.165) is 17.6 Å². The Morgan fingerprint density at radius 1 is 0.889 bits per heavy atom. The van der Waals surface area contributed by atoms with Gasteiger partial charge < -0.3 is 4.90 Å². The Morgan fingerprint density at radius 3 is 1.89 bits per heavy atom. The highest BCUT2D eigenvalue weighted by molar-refractivity contribution is 9.10. The highest BCUT2D eigenvalue weighted by Gasteiger charge is 2.19. The fraction of sp³-hybridized carbons (Fsp3) is 0.250. The van der Waals surface area contributed by atoms with E-state index in [9.17, 15) is 0 Å². The molecule has 0 aliphatic carbocycles. The molecule has 92 valence electrons. The van der Waals surface area contributed by atoms with E-state index >= 15 is 0 Å². The smallest absolute Gasteiger partial charge is 0.0436 e. The van der Waals surface area contributed by atoms with Crippen LogP contribution >= 0.6 is 15.9 Å². The van der Waals surface area contributed by atoms with Crippen molar-refractivity contribution in [3.8, 4) is 0 Å². The van der Waals surface area contributed by atoms with Crippen molar-refractivity contribution >= 4 is 21.6 Å². The van der Waals surface area contributed by atoms with Crippen molar-refractivity contribution in [2.24, 2.45) is 0 Å². The summed E-state index contributed by atoms with van der Waals surface area (Å²) in [6.45, 7) is 6.44. The van der Waals surface area contributed by atoms with E-state index in [2.05, 4.69) is 71.1 Å². The van der Waals surface area contributed by atoms with E-state index in [0.29, 0.717) is 0 Å². The molecule has 0 aromatic heterocycles. The van der Waals surface area contributed by atoms with Crippen molar-refractivity contribution in [1.82, 2.24) is 0 Å². The van der Waals surface area contributed by atoms with Gasteiger partial charge in [0.2, 0.25) is 0 Å². The zero-order valence-electron chi connectivity index (χ0n) is 10.7. The topological polar surface area (TPSA) is 3.24 Å². The van der Waals surface area contributed by atoms with Crippen LogP contribution in [0.25, 0.3) is 0 Å². The zero-order valence-corrected chi connectivity index (χ0v) is 12.3. The van der Waals surface area contributed by atoms with Gasteiger partial charge in [-0.15, -0.1) is 0 Å². The average molecular weight is 302 g/mol. The molecular weight excluding hydrogens is 286 g/mol. The number of nitrogens with zero attached hydrogens (tertiary/aromatic N) is 1. The summed E-state index contributed by atoms with van der Waals surface area (Å²) in [7, 11) is 0. The number of halogens is 1. The van der Waals surface area contributed by atoms with Crippen molar-refractivity contribution < 1.29 is 0 Å². The number of aryl methyl sites for hydroxylation is 2. The van der Waals surface area contributed by atoms with Crippen molar-refractivity contribution in [2.75, 3.05) is 4.90 Å². The van der Waals surface area contributed by atoms with Crippen LogP contribution in [0.3, 0.4) is 0 Å². The van der Waals surface area contributed by atoms with Gasteiger partial charge in [0.05, 0.1) is 0 Å². The van der Waals surface area contributed by atoms with Gasteiger partial charge in [0, 0.05) is 23.2 Å². The quantitative estimate of drug-likeness (QED) is 0.745. The Labute approximate surface area is 117 Å². The van der Waals surface area contributed by atoms with E-state index in [1.807, 2.05) is 0 Å². The highest BCUT2D eigenvalue weighted by atomic mass is 79.9. The summed E-state index contributed by atoms with van der Waals surface area (Å²) < 4.78 is 1.13. The highest BCUT2D eigenvalue weighted by Crippen LogP contribution is 2.30. The Morgan fingerprint density at radius 2 is 1.39 bits per heavy atom. The minimum Gasteiger partial charge on any atom is -0.363 e. The first-order chi connectivity index (χ1) is 8.63. The Kier molecular flexibility index (Phi) is 2.90. The summed E-state index contributed by atoms with van der Waals surface area (Å²) in [4.78, 5) is 2.43. The second-order valence-electron chi connectivity index (χ2n) is 5.04. The summed E-state index contributed by atoms with van der Waals surface area (Å²) >= 11 is 3.48. The first-order valence-corrected chi connectivity index (χ1v) is 7.02. The monoisotopic (exact) mass is 301 g/mol. The summed E-state index contributed by atoms with van der Waals surface area (Å²) in [5.74, 6) is 0. The molecule has 0 amide bonds. The summed E-state index contributed by atoms with van der Waals surface area (Å²) in [6.07, 6.45) is 0. The first kappa shape index (κ1) is 11.8. The van der Waals surface area contributed by atoms with Gasteiger partial charge in [-0.1, -0.05) is 28.1 Å². The van der Waals surface area contributed by atoms with Crippen LogP contribution in [-0.2, 0) is 13.1 Å². The molecule has 2 heteroatoms. The molecule has 0 fully saturated rings. The van der Waals surface area contributed by atoms with Crippen LogP contribution in [0.2, 0.25) is 0 Å². The minimum atomic E-state index is 1.03. The SMILES string of the molecule is Cc1cc2c(cc1C)CN(c1ccc(Br)cc1)C2. The van der Waals surface area contributed by atoms with Crippen LogP contribution in [0.5, 0.6) is 0 Å². The average Bonchev–Trinajstić information content (AvgIpc) is 2.73. The second kappa shape index (κ2) is 4.43. The van der Waals surface area contributed by atoms with Crippen LogP contribution in [0, 0.1) is 13.8 Å². The lowest BCUT2D eigenvalue weighted by Crippen LogP contribution is -2.13. The lowest BCUT2D eigenvalue weighted by atomic mass is 10.0. The van der Waals surface area contributed by atoms with Gasteiger partial charge in [-0.2, -0.15) is 0 Å². The summed E-state index contributed by atoms with van der Waals surface area (Å²) in [6, 6.07) is 13.2. The van der Waals surface area contributed by atoms with Gasteiger partial charge in [-0.05, 0) is 60.4 Å². The number of fused-ring (bicyclic) bond motifs is 1. The number of hydrogen-bond acceptors (Lipinski definition) is 1. The third-order valence-corrected chi connectivity index (χ3v) is 4.26. The molecule has 0 N–H and O–H groups in total. The van der Waals surface area contributed by atoms with E-state index in [1.165, 1.54) is 27.9 Å². The molecule has 3 rings (SSSR count). The normalized spacial score (nSPS) is 13.8. The lowest BCUT2D eigenvalue weighted by molar-refractivity contribution is 0.880. The third-order valence-electron chi connectivity index (χ3n) is 3.73. The van der Waals surface area contributed by atoms with Crippen LogP contribution in [0.15, 0.2) is 40.9 Å². The van der Waals surface area contributed by atoms with Crippen LogP contribution in [-0.4, -0.2) is 0 Å². The van der Waals surface area contributed by atoms with Crippen LogP contribution in [0.1, 0.15) is 22.3 Å². The number of anilines is 1. The second-order valence-corrected chi connectivity index (χ2v) is 5.95.